The van der Waals surface area contributed by atoms with Gasteiger partial charge in [0.25, 0.3) is 0 Å². The van der Waals surface area contributed by atoms with E-state index >= 15 is 0 Å². The maximum atomic E-state index is 10.6. The number of pyridine rings is 1. The maximum absolute atomic E-state index is 10.6. The molecular formula is C11H15NO2S. The van der Waals surface area contributed by atoms with Gasteiger partial charge in [0, 0.05) is 17.7 Å². The number of carboxylic acids is 1. The summed E-state index contributed by atoms with van der Waals surface area (Å²) in [5.74, 6) is 0.384. The van der Waals surface area contributed by atoms with Crippen molar-refractivity contribution in [3.8, 4) is 0 Å². The van der Waals surface area contributed by atoms with Gasteiger partial charge in [-0.05, 0) is 18.6 Å². The Hall–Kier alpha value is -1.03. The zero-order valence-electron chi connectivity index (χ0n) is 8.93. The zero-order chi connectivity index (χ0) is 11.3. The van der Waals surface area contributed by atoms with E-state index in [1.807, 2.05) is 19.1 Å². The van der Waals surface area contributed by atoms with E-state index in [0.717, 1.165) is 17.0 Å². The highest BCUT2D eigenvalue weighted by atomic mass is 32.2. The van der Waals surface area contributed by atoms with Gasteiger partial charge in [0.05, 0.1) is 11.6 Å². The van der Waals surface area contributed by atoms with Crippen LogP contribution in [0, 0.1) is 12.8 Å². The van der Waals surface area contributed by atoms with Crippen molar-refractivity contribution in [1.82, 2.24) is 4.98 Å². The van der Waals surface area contributed by atoms with Crippen LogP contribution >= 0.6 is 11.8 Å². The number of aryl methyl sites for hydroxylation is 1. The summed E-state index contributed by atoms with van der Waals surface area (Å²) in [6, 6.07) is 3.92. The standard InChI is InChI=1S/C11H15NO2S/c1-8-4-3-5-12-10(8)7-15-6-9(2)11(13)14/h3-5,9H,6-7H2,1-2H3,(H,13,14). The van der Waals surface area contributed by atoms with Crippen LogP contribution in [0.4, 0.5) is 0 Å². The fourth-order valence-corrected chi connectivity index (χ4v) is 2.18. The van der Waals surface area contributed by atoms with Crippen molar-refractivity contribution < 1.29 is 9.90 Å². The normalized spacial score (nSPS) is 12.4. The highest BCUT2D eigenvalue weighted by Gasteiger charge is 2.10. The van der Waals surface area contributed by atoms with Crippen molar-refractivity contribution in [1.29, 1.82) is 0 Å². The van der Waals surface area contributed by atoms with Gasteiger partial charge in [-0.25, -0.2) is 0 Å². The van der Waals surface area contributed by atoms with Crippen LogP contribution in [0.1, 0.15) is 18.2 Å². The summed E-state index contributed by atoms with van der Waals surface area (Å²) in [6.45, 7) is 3.74. The van der Waals surface area contributed by atoms with Crippen molar-refractivity contribution in [2.75, 3.05) is 5.75 Å². The number of hydrogen-bond acceptors (Lipinski definition) is 3. The Balaban J connectivity index is 2.38. The van der Waals surface area contributed by atoms with Gasteiger partial charge in [-0.15, -0.1) is 0 Å². The molecule has 4 heteroatoms. The first-order valence-corrected chi connectivity index (χ1v) is 5.97. The Morgan fingerprint density at radius 1 is 1.67 bits per heavy atom. The molecule has 0 saturated heterocycles. The van der Waals surface area contributed by atoms with E-state index in [-0.39, 0.29) is 5.92 Å². The monoisotopic (exact) mass is 225 g/mol. The van der Waals surface area contributed by atoms with Gasteiger partial charge in [-0.2, -0.15) is 11.8 Å². The average molecular weight is 225 g/mol. The van der Waals surface area contributed by atoms with E-state index in [0.29, 0.717) is 5.75 Å². The van der Waals surface area contributed by atoms with Crippen LogP contribution in [0.3, 0.4) is 0 Å². The van der Waals surface area contributed by atoms with E-state index < -0.39 is 5.97 Å². The molecule has 1 aromatic heterocycles. The fourth-order valence-electron chi connectivity index (χ4n) is 1.07. The number of rotatable bonds is 5. The fraction of sp³-hybridized carbons (Fsp3) is 0.455. The molecule has 0 aliphatic carbocycles. The third kappa shape index (κ3) is 3.91. The van der Waals surface area contributed by atoms with Crippen LogP contribution in [0.5, 0.6) is 0 Å². The Morgan fingerprint density at radius 2 is 2.40 bits per heavy atom. The third-order valence-corrected chi connectivity index (χ3v) is 3.36. The lowest BCUT2D eigenvalue weighted by Crippen LogP contribution is -2.12. The number of hydrogen-bond donors (Lipinski definition) is 1. The van der Waals surface area contributed by atoms with Crippen molar-refractivity contribution in [3.05, 3.63) is 29.6 Å². The van der Waals surface area contributed by atoms with Gasteiger partial charge in [-0.1, -0.05) is 13.0 Å². The molecule has 1 N–H and O–H groups in total. The second-order valence-electron chi connectivity index (χ2n) is 3.52. The third-order valence-electron chi connectivity index (χ3n) is 2.15. The summed E-state index contributed by atoms with van der Waals surface area (Å²) in [7, 11) is 0. The summed E-state index contributed by atoms with van der Waals surface area (Å²) in [5.41, 5.74) is 2.20. The van der Waals surface area contributed by atoms with Crippen LogP contribution in [0.15, 0.2) is 18.3 Å². The Labute approximate surface area is 93.9 Å². The number of aromatic nitrogens is 1. The molecule has 0 bridgehead atoms. The van der Waals surface area contributed by atoms with Crippen molar-refractivity contribution in [2.24, 2.45) is 5.92 Å². The SMILES string of the molecule is Cc1cccnc1CSCC(C)C(=O)O. The zero-order valence-corrected chi connectivity index (χ0v) is 9.75. The highest BCUT2D eigenvalue weighted by molar-refractivity contribution is 7.98. The molecule has 0 aliphatic heterocycles. The molecule has 82 valence electrons. The maximum Gasteiger partial charge on any atom is 0.307 e. The molecule has 1 unspecified atom stereocenters. The minimum atomic E-state index is -0.736. The van der Waals surface area contributed by atoms with E-state index in [2.05, 4.69) is 4.98 Å². The molecule has 0 amide bonds. The first-order chi connectivity index (χ1) is 7.11. The minimum absolute atomic E-state index is 0.293. The predicted molar refractivity (Wildman–Crippen MR) is 61.9 cm³/mol. The van der Waals surface area contributed by atoms with Gasteiger partial charge in [0.15, 0.2) is 0 Å². The number of carbonyl (C=O) groups is 1. The predicted octanol–water partition coefficient (Wildman–Crippen LogP) is 2.34. The Morgan fingerprint density at radius 3 is 3.00 bits per heavy atom. The molecule has 0 radical (unpaired) electrons. The molecule has 0 fully saturated rings. The van der Waals surface area contributed by atoms with Gasteiger partial charge in [0.2, 0.25) is 0 Å². The van der Waals surface area contributed by atoms with E-state index in [9.17, 15) is 4.79 Å². The first-order valence-electron chi connectivity index (χ1n) is 4.82. The van der Waals surface area contributed by atoms with Crippen LogP contribution in [0.2, 0.25) is 0 Å². The number of thioether (sulfide) groups is 1. The topological polar surface area (TPSA) is 50.2 Å². The van der Waals surface area contributed by atoms with E-state index in [1.54, 1.807) is 24.9 Å². The lowest BCUT2D eigenvalue weighted by Gasteiger charge is -2.06. The van der Waals surface area contributed by atoms with Crippen molar-refractivity contribution >= 4 is 17.7 Å². The van der Waals surface area contributed by atoms with Crippen LogP contribution < -0.4 is 0 Å². The van der Waals surface area contributed by atoms with Crippen LogP contribution in [0.25, 0.3) is 0 Å². The summed E-state index contributed by atoms with van der Waals surface area (Å²) < 4.78 is 0. The van der Waals surface area contributed by atoms with Crippen molar-refractivity contribution in [3.63, 3.8) is 0 Å². The molecule has 1 aromatic rings. The average Bonchev–Trinajstić information content (AvgIpc) is 2.20. The summed E-state index contributed by atoms with van der Waals surface area (Å²) in [6.07, 6.45) is 1.77. The molecule has 1 heterocycles. The van der Waals surface area contributed by atoms with Crippen LogP contribution in [-0.4, -0.2) is 21.8 Å². The van der Waals surface area contributed by atoms with Crippen molar-refractivity contribution in [2.45, 2.75) is 19.6 Å². The Kier molecular flexibility index (Phi) is 4.62. The lowest BCUT2D eigenvalue weighted by molar-refractivity contribution is -0.140. The van der Waals surface area contributed by atoms with Gasteiger partial charge < -0.3 is 5.11 Å². The summed E-state index contributed by atoms with van der Waals surface area (Å²) in [5, 5.41) is 8.70. The molecule has 15 heavy (non-hydrogen) atoms. The number of nitrogens with zero attached hydrogens (tertiary/aromatic N) is 1. The molecule has 1 rings (SSSR count). The van der Waals surface area contributed by atoms with E-state index in [1.165, 1.54) is 0 Å². The minimum Gasteiger partial charge on any atom is -0.481 e. The number of carboxylic acid groups (broad SMARTS) is 1. The molecule has 0 saturated carbocycles. The van der Waals surface area contributed by atoms with Gasteiger partial charge in [-0.3, -0.25) is 9.78 Å². The molecule has 0 aromatic carbocycles. The lowest BCUT2D eigenvalue weighted by atomic mass is 10.2. The second kappa shape index (κ2) is 5.75. The summed E-state index contributed by atoms with van der Waals surface area (Å²) >= 11 is 1.61. The van der Waals surface area contributed by atoms with Gasteiger partial charge >= 0.3 is 5.97 Å². The quantitative estimate of drug-likeness (QED) is 0.835. The Bertz CT molecular complexity index is 341. The molecule has 0 spiro atoms. The molecule has 1 atom stereocenters. The molecule has 3 nitrogen and oxygen atoms in total. The first kappa shape index (κ1) is 12.0. The second-order valence-corrected chi connectivity index (χ2v) is 4.55. The summed E-state index contributed by atoms with van der Waals surface area (Å²) in [4.78, 5) is 14.8. The number of aliphatic carboxylic acids is 1. The smallest absolute Gasteiger partial charge is 0.307 e. The molecule has 0 aliphatic rings. The molecular weight excluding hydrogens is 210 g/mol. The van der Waals surface area contributed by atoms with Crippen LogP contribution in [-0.2, 0) is 10.5 Å². The highest BCUT2D eigenvalue weighted by Crippen LogP contribution is 2.16. The largest absolute Gasteiger partial charge is 0.481 e. The van der Waals surface area contributed by atoms with E-state index in [4.69, 9.17) is 5.11 Å². The van der Waals surface area contributed by atoms with Gasteiger partial charge in [0.1, 0.15) is 0 Å².